The molecule has 24 heavy (non-hydrogen) atoms. The Labute approximate surface area is 144 Å². The van der Waals surface area contributed by atoms with Gasteiger partial charge in [-0.15, -0.1) is 0 Å². The number of ether oxygens (including phenoxy) is 1. The van der Waals surface area contributed by atoms with Crippen LogP contribution in [-0.4, -0.2) is 40.8 Å². The summed E-state index contributed by atoms with van der Waals surface area (Å²) in [7, 11) is 0. The molecule has 0 aromatic carbocycles. The van der Waals surface area contributed by atoms with E-state index < -0.39 is 17.7 Å². The largest absolute Gasteiger partial charge is 0.480 e. The number of carbonyl (C=O) groups is 2. The monoisotopic (exact) mass is 337 g/mol. The van der Waals surface area contributed by atoms with Crippen molar-refractivity contribution < 1.29 is 19.4 Å². The average molecular weight is 337 g/mol. The Bertz CT molecular complexity index is 522. The molecule has 4 aliphatic carbocycles. The van der Waals surface area contributed by atoms with Gasteiger partial charge in [0.25, 0.3) is 0 Å². The van der Waals surface area contributed by atoms with Crippen LogP contribution in [0.2, 0.25) is 0 Å². The number of hydrogen-bond donors (Lipinski definition) is 1. The molecule has 0 saturated heterocycles. The molecule has 1 N–H and O–H groups in total. The summed E-state index contributed by atoms with van der Waals surface area (Å²) < 4.78 is 5.46. The first kappa shape index (κ1) is 17.6. The van der Waals surface area contributed by atoms with E-state index in [1.54, 1.807) is 0 Å². The number of carboxylic acids is 1. The first-order chi connectivity index (χ1) is 11.0. The van der Waals surface area contributed by atoms with Crippen LogP contribution in [0, 0.1) is 22.7 Å². The highest BCUT2D eigenvalue weighted by molar-refractivity contribution is 5.77. The van der Waals surface area contributed by atoms with Crippen molar-refractivity contribution in [2.75, 3.05) is 13.1 Å². The third-order valence-corrected chi connectivity index (χ3v) is 5.98. The highest BCUT2D eigenvalue weighted by Gasteiger charge is 2.56. The molecule has 0 radical (unpaired) electrons. The molecule has 5 heteroatoms. The molecule has 4 fully saturated rings. The van der Waals surface area contributed by atoms with Crippen LogP contribution in [-0.2, 0) is 9.53 Å². The Morgan fingerprint density at radius 1 is 1.17 bits per heavy atom. The lowest BCUT2D eigenvalue weighted by molar-refractivity contribution is -0.141. The van der Waals surface area contributed by atoms with E-state index in [1.807, 2.05) is 20.8 Å². The summed E-state index contributed by atoms with van der Waals surface area (Å²) >= 11 is 0. The van der Waals surface area contributed by atoms with Gasteiger partial charge in [-0.05, 0) is 82.0 Å². The van der Waals surface area contributed by atoms with E-state index in [9.17, 15) is 14.7 Å². The molecule has 0 spiro atoms. The summed E-state index contributed by atoms with van der Waals surface area (Å²) in [4.78, 5) is 25.3. The van der Waals surface area contributed by atoms with Gasteiger partial charge in [-0.25, -0.2) is 4.79 Å². The number of rotatable bonds is 4. The van der Waals surface area contributed by atoms with Crippen molar-refractivity contribution in [2.45, 2.75) is 71.8 Å². The lowest BCUT2D eigenvalue weighted by Gasteiger charge is -2.62. The number of amides is 1. The van der Waals surface area contributed by atoms with Crippen molar-refractivity contribution in [3.05, 3.63) is 0 Å². The maximum absolute atomic E-state index is 12.5. The van der Waals surface area contributed by atoms with Gasteiger partial charge in [-0.2, -0.15) is 0 Å². The number of nitrogens with zero attached hydrogens (tertiary/aromatic N) is 1. The Hall–Kier alpha value is -1.26. The molecule has 4 bridgehead atoms. The molecule has 0 aliphatic heterocycles. The van der Waals surface area contributed by atoms with Gasteiger partial charge in [-0.3, -0.25) is 9.69 Å². The minimum absolute atomic E-state index is 0.0885. The molecule has 136 valence electrons. The number of hydrogen-bond acceptors (Lipinski definition) is 3. The summed E-state index contributed by atoms with van der Waals surface area (Å²) in [6.07, 6.45) is 6.82. The van der Waals surface area contributed by atoms with Gasteiger partial charge < -0.3 is 9.84 Å². The summed E-state index contributed by atoms with van der Waals surface area (Å²) in [5, 5.41) is 9.25. The van der Waals surface area contributed by atoms with Crippen molar-refractivity contribution in [3.63, 3.8) is 0 Å². The molecular formula is C19H31NO4. The lowest BCUT2D eigenvalue weighted by Crippen LogP contribution is -2.56. The Morgan fingerprint density at radius 2 is 1.75 bits per heavy atom. The van der Waals surface area contributed by atoms with Crippen LogP contribution in [0.4, 0.5) is 4.79 Å². The van der Waals surface area contributed by atoms with Crippen molar-refractivity contribution >= 4 is 12.1 Å². The van der Waals surface area contributed by atoms with E-state index in [1.165, 1.54) is 24.2 Å². The number of carboxylic acid groups (broad SMARTS) is 1. The SMILES string of the molecule is CC12CC3CC(C1)CC(CN(CC(=O)O)C(=O)OC(C)(C)C)(C3)C2. The van der Waals surface area contributed by atoms with Crippen LogP contribution in [0.3, 0.4) is 0 Å². The fourth-order valence-electron chi connectivity index (χ4n) is 6.19. The topological polar surface area (TPSA) is 66.8 Å². The number of carbonyl (C=O) groups excluding carboxylic acids is 1. The van der Waals surface area contributed by atoms with E-state index in [0.717, 1.165) is 31.1 Å². The first-order valence-electron chi connectivity index (χ1n) is 9.17. The zero-order chi connectivity index (χ0) is 17.8. The van der Waals surface area contributed by atoms with Gasteiger partial charge in [0.2, 0.25) is 0 Å². The minimum Gasteiger partial charge on any atom is -0.480 e. The van der Waals surface area contributed by atoms with Gasteiger partial charge in [-0.1, -0.05) is 6.92 Å². The average Bonchev–Trinajstić information content (AvgIpc) is 2.31. The molecule has 4 saturated carbocycles. The predicted octanol–water partition coefficient (Wildman–Crippen LogP) is 3.91. The van der Waals surface area contributed by atoms with E-state index in [4.69, 9.17) is 4.74 Å². The van der Waals surface area contributed by atoms with Crippen LogP contribution in [0.25, 0.3) is 0 Å². The third-order valence-electron chi connectivity index (χ3n) is 5.98. The molecule has 0 aromatic rings. The van der Waals surface area contributed by atoms with Crippen molar-refractivity contribution in [1.29, 1.82) is 0 Å². The van der Waals surface area contributed by atoms with E-state index in [0.29, 0.717) is 12.0 Å². The number of aliphatic carboxylic acids is 1. The Morgan fingerprint density at radius 3 is 2.21 bits per heavy atom. The standard InChI is InChI=1S/C19H31NO4/c1-17(2,3)24-16(23)20(10-15(21)22)12-19-8-13-5-14(9-19)7-18(4,6-13)11-19/h13-14H,5-12H2,1-4H3,(H,21,22). The second kappa shape index (κ2) is 5.63. The quantitative estimate of drug-likeness (QED) is 0.844. The lowest BCUT2D eigenvalue weighted by atomic mass is 9.44. The third kappa shape index (κ3) is 3.70. The second-order valence-electron chi connectivity index (χ2n) is 10.0. The molecule has 0 aromatic heterocycles. The Kier molecular flexibility index (Phi) is 4.12. The fourth-order valence-corrected chi connectivity index (χ4v) is 6.19. The zero-order valence-corrected chi connectivity index (χ0v) is 15.4. The van der Waals surface area contributed by atoms with Crippen molar-refractivity contribution in [3.8, 4) is 0 Å². The molecule has 2 atom stereocenters. The van der Waals surface area contributed by atoms with Gasteiger partial charge in [0.05, 0.1) is 0 Å². The summed E-state index contributed by atoms with van der Waals surface area (Å²) in [5.41, 5.74) is -0.140. The maximum atomic E-state index is 12.5. The van der Waals surface area contributed by atoms with E-state index in [2.05, 4.69) is 6.92 Å². The van der Waals surface area contributed by atoms with Crippen LogP contribution in [0.1, 0.15) is 66.2 Å². The van der Waals surface area contributed by atoms with E-state index >= 15 is 0 Å². The van der Waals surface area contributed by atoms with E-state index in [-0.39, 0.29) is 12.0 Å². The molecule has 0 heterocycles. The molecule has 4 rings (SSSR count). The molecule has 1 amide bonds. The van der Waals surface area contributed by atoms with Gasteiger partial charge in [0.1, 0.15) is 12.1 Å². The van der Waals surface area contributed by atoms with Crippen molar-refractivity contribution in [2.24, 2.45) is 22.7 Å². The van der Waals surface area contributed by atoms with Crippen LogP contribution >= 0.6 is 0 Å². The summed E-state index contributed by atoms with van der Waals surface area (Å²) in [6.45, 7) is 8.08. The van der Waals surface area contributed by atoms with Gasteiger partial charge in [0, 0.05) is 6.54 Å². The normalized spacial score (nSPS) is 37.3. The van der Waals surface area contributed by atoms with Crippen LogP contribution in [0.5, 0.6) is 0 Å². The van der Waals surface area contributed by atoms with Crippen molar-refractivity contribution in [1.82, 2.24) is 4.90 Å². The molecular weight excluding hydrogens is 306 g/mol. The smallest absolute Gasteiger partial charge is 0.410 e. The van der Waals surface area contributed by atoms with Crippen LogP contribution < -0.4 is 0 Å². The summed E-state index contributed by atoms with van der Waals surface area (Å²) in [5.74, 6) is 0.528. The second-order valence-corrected chi connectivity index (χ2v) is 10.0. The first-order valence-corrected chi connectivity index (χ1v) is 9.17. The highest BCUT2D eigenvalue weighted by atomic mass is 16.6. The summed E-state index contributed by atoms with van der Waals surface area (Å²) in [6, 6.07) is 0. The van der Waals surface area contributed by atoms with Gasteiger partial charge >= 0.3 is 12.1 Å². The maximum Gasteiger partial charge on any atom is 0.410 e. The molecule has 2 unspecified atom stereocenters. The highest BCUT2D eigenvalue weighted by Crippen LogP contribution is 2.65. The van der Waals surface area contributed by atoms with Crippen LogP contribution in [0.15, 0.2) is 0 Å². The van der Waals surface area contributed by atoms with Gasteiger partial charge in [0.15, 0.2) is 0 Å². The zero-order valence-electron chi connectivity index (χ0n) is 15.4. The predicted molar refractivity (Wildman–Crippen MR) is 90.7 cm³/mol. The molecule has 4 aliphatic rings. The molecule has 5 nitrogen and oxygen atoms in total. The Balaban J connectivity index is 1.77. The minimum atomic E-state index is -0.975. The fraction of sp³-hybridized carbons (Fsp3) is 0.895.